The maximum absolute atomic E-state index is 13.2. The zero-order chi connectivity index (χ0) is 28.4. The molecule has 0 aliphatic carbocycles. The molecular weight excluding hydrogens is 526 g/mol. The molecule has 2 heterocycles. The van der Waals surface area contributed by atoms with Crippen molar-refractivity contribution in [2.75, 3.05) is 0 Å². The number of benzene rings is 3. The molecule has 2 aromatic heterocycles. The number of hydrogen-bond donors (Lipinski definition) is 3. The topological polar surface area (TPSA) is 104 Å². The Labute approximate surface area is 236 Å². The SMILES string of the molecule is Cc1cc2nc(C(=O)N[C@@H](Cc3ccc(O)cc3Cc3ccccc3)C(=O)O)cn2c(C)c1-c1ccc(Cl)cc1. The van der Waals surface area contributed by atoms with Gasteiger partial charge in [0.1, 0.15) is 23.1 Å². The monoisotopic (exact) mass is 553 g/mol. The summed E-state index contributed by atoms with van der Waals surface area (Å²) in [7, 11) is 0. The molecule has 1 amide bonds. The predicted octanol–water partition coefficient (Wildman–Crippen LogP) is 5.99. The number of aliphatic carboxylic acids is 1. The van der Waals surface area contributed by atoms with Crippen LogP contribution in [0, 0.1) is 13.8 Å². The Kier molecular flexibility index (Phi) is 7.58. The number of carboxylic acid groups (broad SMARTS) is 1. The van der Waals surface area contributed by atoms with Crippen molar-refractivity contribution < 1.29 is 19.8 Å². The lowest BCUT2D eigenvalue weighted by Crippen LogP contribution is -2.42. The van der Waals surface area contributed by atoms with Crippen LogP contribution >= 0.6 is 11.6 Å². The summed E-state index contributed by atoms with van der Waals surface area (Å²) in [6.45, 7) is 3.93. The Morgan fingerprint density at radius 1 is 0.975 bits per heavy atom. The maximum atomic E-state index is 13.2. The lowest BCUT2D eigenvalue weighted by Gasteiger charge is -2.17. The minimum atomic E-state index is -1.19. The number of carbonyl (C=O) groups excluding carboxylic acids is 1. The number of nitrogens with zero attached hydrogens (tertiary/aromatic N) is 2. The molecule has 0 bridgehead atoms. The molecule has 0 spiro atoms. The van der Waals surface area contributed by atoms with Crippen LogP contribution in [0.1, 0.15) is 38.4 Å². The summed E-state index contributed by atoms with van der Waals surface area (Å²) in [6.07, 6.45) is 2.20. The molecule has 5 rings (SSSR count). The van der Waals surface area contributed by atoms with Crippen molar-refractivity contribution in [3.05, 3.63) is 124 Å². The van der Waals surface area contributed by atoms with Crippen LogP contribution < -0.4 is 5.32 Å². The molecule has 1 atom stereocenters. The second-order valence-corrected chi connectivity index (χ2v) is 10.3. The van der Waals surface area contributed by atoms with E-state index >= 15 is 0 Å². The van der Waals surface area contributed by atoms with Gasteiger partial charge in [0.05, 0.1) is 0 Å². The minimum absolute atomic E-state index is 0.0513. The number of fused-ring (bicyclic) bond motifs is 1. The molecule has 0 saturated heterocycles. The largest absolute Gasteiger partial charge is 0.508 e. The van der Waals surface area contributed by atoms with Gasteiger partial charge in [0.2, 0.25) is 0 Å². The van der Waals surface area contributed by atoms with Crippen LogP contribution in [0.3, 0.4) is 0 Å². The first kappa shape index (κ1) is 27.0. The van der Waals surface area contributed by atoms with Crippen LogP contribution in [0.4, 0.5) is 0 Å². The number of aromatic nitrogens is 2. The molecule has 0 radical (unpaired) electrons. The highest BCUT2D eigenvalue weighted by molar-refractivity contribution is 6.30. The Morgan fingerprint density at radius 3 is 2.40 bits per heavy atom. The number of phenols is 1. The van der Waals surface area contributed by atoms with E-state index in [9.17, 15) is 19.8 Å². The van der Waals surface area contributed by atoms with E-state index in [-0.39, 0.29) is 17.9 Å². The number of phenolic OH excluding ortho intramolecular Hbond substituents is 1. The van der Waals surface area contributed by atoms with Gasteiger partial charge in [-0.05, 0) is 78.4 Å². The van der Waals surface area contributed by atoms with Crippen molar-refractivity contribution in [2.24, 2.45) is 0 Å². The third-order valence-electron chi connectivity index (χ3n) is 7.02. The summed E-state index contributed by atoms with van der Waals surface area (Å²) in [5, 5.41) is 23.3. The smallest absolute Gasteiger partial charge is 0.326 e. The fourth-order valence-corrected chi connectivity index (χ4v) is 5.17. The highest BCUT2D eigenvalue weighted by Gasteiger charge is 2.24. The van der Waals surface area contributed by atoms with E-state index in [1.54, 1.807) is 18.3 Å². The summed E-state index contributed by atoms with van der Waals surface area (Å²) >= 11 is 6.07. The lowest BCUT2D eigenvalue weighted by atomic mass is 9.95. The number of carboxylic acids is 1. The molecule has 0 aliphatic heterocycles. The molecule has 7 nitrogen and oxygen atoms in total. The Morgan fingerprint density at radius 2 is 1.70 bits per heavy atom. The normalized spacial score (nSPS) is 11.9. The summed E-state index contributed by atoms with van der Waals surface area (Å²) in [5.74, 6) is -1.64. The molecule has 8 heteroatoms. The van der Waals surface area contributed by atoms with Crippen molar-refractivity contribution in [3.8, 4) is 16.9 Å². The molecule has 0 saturated carbocycles. The number of aryl methyl sites for hydroxylation is 2. The van der Waals surface area contributed by atoms with Gasteiger partial charge in [-0.1, -0.05) is 60.1 Å². The Balaban J connectivity index is 1.41. The van der Waals surface area contributed by atoms with E-state index < -0.39 is 17.9 Å². The summed E-state index contributed by atoms with van der Waals surface area (Å²) in [5.41, 5.74) is 7.15. The zero-order valence-electron chi connectivity index (χ0n) is 22.1. The Bertz CT molecular complexity index is 1710. The van der Waals surface area contributed by atoms with Gasteiger partial charge in [0.15, 0.2) is 0 Å². The molecule has 0 aliphatic rings. The average Bonchev–Trinajstić information content (AvgIpc) is 3.36. The van der Waals surface area contributed by atoms with Gasteiger partial charge in [-0.25, -0.2) is 9.78 Å². The highest BCUT2D eigenvalue weighted by Crippen LogP contribution is 2.30. The standard InChI is InChI=1S/C32H28ClN3O4/c1-19-14-29-34-28(18-36(29)20(2)30(19)22-8-11-25(33)12-9-22)31(38)35-27(32(39)40)17-23-10-13-26(37)16-24(23)15-21-6-4-3-5-7-21/h3-14,16,18,27,37H,15,17H2,1-2H3,(H,35,38)(H,39,40)/t27-/m0/s1. The van der Waals surface area contributed by atoms with Crippen LogP contribution in [0.15, 0.2) is 85.1 Å². The number of pyridine rings is 1. The second-order valence-electron chi connectivity index (χ2n) is 9.83. The van der Waals surface area contributed by atoms with Gasteiger partial charge in [0, 0.05) is 28.9 Å². The summed E-state index contributed by atoms with van der Waals surface area (Å²) in [4.78, 5) is 29.9. The first-order valence-corrected chi connectivity index (χ1v) is 13.2. The predicted molar refractivity (Wildman–Crippen MR) is 155 cm³/mol. The van der Waals surface area contributed by atoms with Gasteiger partial charge in [-0.15, -0.1) is 0 Å². The molecule has 0 fully saturated rings. The van der Waals surface area contributed by atoms with E-state index in [1.165, 1.54) is 6.07 Å². The van der Waals surface area contributed by atoms with E-state index in [0.717, 1.165) is 39.1 Å². The molecule has 202 valence electrons. The van der Waals surface area contributed by atoms with E-state index in [1.807, 2.05) is 78.9 Å². The number of rotatable bonds is 8. The molecule has 3 aromatic carbocycles. The van der Waals surface area contributed by atoms with Crippen molar-refractivity contribution in [2.45, 2.75) is 32.7 Å². The Hall–Kier alpha value is -4.62. The number of nitrogens with one attached hydrogen (secondary N) is 1. The van der Waals surface area contributed by atoms with Crippen LogP contribution in [-0.4, -0.2) is 37.5 Å². The summed E-state index contributed by atoms with van der Waals surface area (Å²) in [6, 6.07) is 22.8. The van der Waals surface area contributed by atoms with Crippen LogP contribution in [0.25, 0.3) is 16.8 Å². The number of amides is 1. The van der Waals surface area contributed by atoms with E-state index in [0.29, 0.717) is 17.1 Å². The molecule has 40 heavy (non-hydrogen) atoms. The third kappa shape index (κ3) is 5.70. The number of hydrogen-bond acceptors (Lipinski definition) is 4. The van der Waals surface area contributed by atoms with Gasteiger partial charge in [-0.2, -0.15) is 0 Å². The van der Waals surface area contributed by atoms with Crippen molar-refractivity contribution in [1.82, 2.24) is 14.7 Å². The fourth-order valence-electron chi connectivity index (χ4n) is 5.04. The van der Waals surface area contributed by atoms with Gasteiger partial charge in [0.25, 0.3) is 5.91 Å². The number of aromatic hydroxyl groups is 1. The first-order chi connectivity index (χ1) is 19.2. The van der Waals surface area contributed by atoms with Gasteiger partial charge >= 0.3 is 5.97 Å². The number of imidazole rings is 1. The minimum Gasteiger partial charge on any atom is -0.508 e. The van der Waals surface area contributed by atoms with Crippen LogP contribution in [-0.2, 0) is 17.6 Å². The second kappa shape index (κ2) is 11.2. The molecule has 0 unspecified atom stereocenters. The van der Waals surface area contributed by atoms with Crippen LogP contribution in [0.5, 0.6) is 5.75 Å². The average molecular weight is 554 g/mol. The quantitative estimate of drug-likeness (QED) is 0.219. The number of halogens is 1. The maximum Gasteiger partial charge on any atom is 0.326 e. The van der Waals surface area contributed by atoms with E-state index in [2.05, 4.69) is 10.3 Å². The summed E-state index contributed by atoms with van der Waals surface area (Å²) < 4.78 is 1.83. The highest BCUT2D eigenvalue weighted by atomic mass is 35.5. The third-order valence-corrected chi connectivity index (χ3v) is 7.27. The van der Waals surface area contributed by atoms with Crippen molar-refractivity contribution in [1.29, 1.82) is 0 Å². The van der Waals surface area contributed by atoms with Crippen molar-refractivity contribution >= 4 is 29.1 Å². The zero-order valence-corrected chi connectivity index (χ0v) is 22.8. The molecular formula is C32H28ClN3O4. The lowest BCUT2D eigenvalue weighted by molar-refractivity contribution is -0.139. The van der Waals surface area contributed by atoms with Crippen LogP contribution in [0.2, 0.25) is 5.02 Å². The fraction of sp³-hybridized carbons (Fsp3) is 0.156. The molecule has 3 N–H and O–H groups in total. The first-order valence-electron chi connectivity index (χ1n) is 12.8. The number of carbonyl (C=O) groups is 2. The van der Waals surface area contributed by atoms with Gasteiger partial charge < -0.3 is 19.9 Å². The molecule has 5 aromatic rings. The van der Waals surface area contributed by atoms with Gasteiger partial charge in [-0.3, -0.25) is 4.79 Å². The van der Waals surface area contributed by atoms with E-state index in [4.69, 9.17) is 11.6 Å². The van der Waals surface area contributed by atoms with Crippen molar-refractivity contribution in [3.63, 3.8) is 0 Å².